The second-order valence-corrected chi connectivity index (χ2v) is 9.67. The molecule has 4 rings (SSSR count). The maximum Gasteiger partial charge on any atom is 0.290 e. The van der Waals surface area contributed by atoms with Crippen molar-refractivity contribution >= 4 is 27.5 Å². The van der Waals surface area contributed by atoms with E-state index in [4.69, 9.17) is 13.9 Å². The fourth-order valence-electron chi connectivity index (χ4n) is 4.02. The van der Waals surface area contributed by atoms with Crippen LogP contribution in [-0.4, -0.2) is 74.9 Å². The van der Waals surface area contributed by atoms with Gasteiger partial charge in [0.2, 0.25) is 15.9 Å². The van der Waals surface area contributed by atoms with Crippen molar-refractivity contribution in [1.82, 2.24) is 9.21 Å². The van der Waals surface area contributed by atoms with Gasteiger partial charge in [0.1, 0.15) is 11.8 Å². The Hall–Kier alpha value is -2.89. The second-order valence-electron chi connectivity index (χ2n) is 7.73. The maximum atomic E-state index is 13.2. The van der Waals surface area contributed by atoms with Crippen molar-refractivity contribution in [2.75, 3.05) is 44.8 Å². The molecule has 0 unspecified atom stereocenters. The number of hydrogen-bond acceptors (Lipinski definition) is 7. The van der Waals surface area contributed by atoms with E-state index < -0.39 is 22.0 Å². The molecule has 3 heterocycles. The Morgan fingerprint density at radius 1 is 1.18 bits per heavy atom. The van der Waals surface area contributed by atoms with Gasteiger partial charge < -0.3 is 24.1 Å². The minimum atomic E-state index is -3.76. The number of sulfonamides is 1. The number of morpholine rings is 1. The normalized spacial score (nSPS) is 19.4. The van der Waals surface area contributed by atoms with Gasteiger partial charge in [-0.3, -0.25) is 9.59 Å². The standard InChI is InChI=1S/C22H27N3O7S/c1-2-31-19-8-7-16(33(28,29)24-10-13-30-14-11-24)15-17(19)23-21(26)18-5-3-9-25(18)22(27)20-6-4-12-32-20/h4,6-8,12,15,18H,2-3,5,9-11,13-14H2,1H3,(H,23,26)/t18-/m0/s1. The van der Waals surface area contributed by atoms with Crippen molar-refractivity contribution in [3.05, 3.63) is 42.4 Å². The summed E-state index contributed by atoms with van der Waals surface area (Å²) in [5.41, 5.74) is 0.244. The first-order chi connectivity index (χ1) is 15.9. The summed E-state index contributed by atoms with van der Waals surface area (Å²) in [5, 5.41) is 2.79. The van der Waals surface area contributed by atoms with Crippen molar-refractivity contribution in [3.63, 3.8) is 0 Å². The average molecular weight is 478 g/mol. The highest BCUT2D eigenvalue weighted by Gasteiger charge is 2.36. The molecule has 2 saturated heterocycles. The van der Waals surface area contributed by atoms with E-state index in [0.29, 0.717) is 45.0 Å². The highest BCUT2D eigenvalue weighted by Crippen LogP contribution is 2.31. The van der Waals surface area contributed by atoms with Crippen molar-refractivity contribution in [1.29, 1.82) is 0 Å². The van der Waals surface area contributed by atoms with Gasteiger partial charge in [-0.25, -0.2) is 8.42 Å². The van der Waals surface area contributed by atoms with Gasteiger partial charge in [0.25, 0.3) is 5.91 Å². The number of rotatable bonds is 7. The van der Waals surface area contributed by atoms with Crippen LogP contribution in [0.4, 0.5) is 5.69 Å². The van der Waals surface area contributed by atoms with E-state index in [0.717, 1.165) is 0 Å². The third-order valence-corrected chi connectivity index (χ3v) is 7.56. The molecular weight excluding hydrogens is 450 g/mol. The molecular formula is C22H27N3O7S. The van der Waals surface area contributed by atoms with Crippen molar-refractivity contribution < 1.29 is 31.9 Å². The number of anilines is 1. The summed E-state index contributed by atoms with van der Waals surface area (Å²) < 4.78 is 43.6. The molecule has 2 fully saturated rings. The highest BCUT2D eigenvalue weighted by molar-refractivity contribution is 7.89. The third kappa shape index (κ3) is 4.90. The molecule has 2 amide bonds. The van der Waals surface area contributed by atoms with Crippen LogP contribution in [0.15, 0.2) is 45.9 Å². The van der Waals surface area contributed by atoms with Crippen LogP contribution < -0.4 is 10.1 Å². The smallest absolute Gasteiger partial charge is 0.290 e. The molecule has 0 saturated carbocycles. The number of ether oxygens (including phenoxy) is 2. The number of amides is 2. The summed E-state index contributed by atoms with van der Waals surface area (Å²) in [7, 11) is -3.76. The van der Waals surface area contributed by atoms with E-state index >= 15 is 0 Å². The molecule has 0 bridgehead atoms. The van der Waals surface area contributed by atoms with Crippen LogP contribution in [-0.2, 0) is 19.6 Å². The molecule has 11 heteroatoms. The largest absolute Gasteiger partial charge is 0.492 e. The number of nitrogens with one attached hydrogen (secondary N) is 1. The Kier molecular flexibility index (Phi) is 7.01. The Morgan fingerprint density at radius 3 is 2.67 bits per heavy atom. The first-order valence-corrected chi connectivity index (χ1v) is 12.4. The van der Waals surface area contributed by atoms with Crippen LogP contribution in [0.25, 0.3) is 0 Å². The van der Waals surface area contributed by atoms with Crippen molar-refractivity contribution in [2.45, 2.75) is 30.7 Å². The monoisotopic (exact) mass is 477 g/mol. The summed E-state index contributed by atoms with van der Waals surface area (Å²) in [4.78, 5) is 27.4. The molecule has 33 heavy (non-hydrogen) atoms. The fourth-order valence-corrected chi connectivity index (χ4v) is 5.46. The Morgan fingerprint density at radius 2 is 1.97 bits per heavy atom. The summed E-state index contributed by atoms with van der Waals surface area (Å²) in [6, 6.07) is 6.88. The lowest BCUT2D eigenvalue weighted by atomic mass is 10.2. The summed E-state index contributed by atoms with van der Waals surface area (Å²) >= 11 is 0. The first-order valence-electron chi connectivity index (χ1n) is 10.9. The quantitative estimate of drug-likeness (QED) is 0.647. The van der Waals surface area contributed by atoms with E-state index in [-0.39, 0.29) is 35.3 Å². The molecule has 1 N–H and O–H groups in total. The minimum absolute atomic E-state index is 0.0538. The van der Waals surface area contributed by atoms with Crippen LogP contribution >= 0.6 is 0 Å². The fraction of sp³-hybridized carbons (Fsp3) is 0.455. The summed E-state index contributed by atoms with van der Waals surface area (Å²) in [5.74, 6) is -0.238. The average Bonchev–Trinajstić information content (AvgIpc) is 3.53. The summed E-state index contributed by atoms with van der Waals surface area (Å²) in [6.07, 6.45) is 2.58. The Labute approximate surface area is 192 Å². The van der Waals surface area contributed by atoms with Crippen LogP contribution in [0, 0.1) is 0 Å². The molecule has 0 aliphatic carbocycles. The van der Waals surface area contributed by atoms with E-state index in [1.807, 2.05) is 0 Å². The molecule has 1 aromatic carbocycles. The van der Waals surface area contributed by atoms with Crippen LogP contribution in [0.5, 0.6) is 5.75 Å². The zero-order valence-corrected chi connectivity index (χ0v) is 19.2. The van der Waals surface area contributed by atoms with Gasteiger partial charge in [-0.05, 0) is 50.1 Å². The number of hydrogen-bond donors (Lipinski definition) is 1. The molecule has 1 aromatic heterocycles. The van der Waals surface area contributed by atoms with E-state index in [1.165, 1.54) is 33.7 Å². The number of carbonyl (C=O) groups is 2. The van der Waals surface area contributed by atoms with Gasteiger partial charge in [-0.2, -0.15) is 4.31 Å². The predicted molar refractivity (Wildman–Crippen MR) is 119 cm³/mol. The highest BCUT2D eigenvalue weighted by atomic mass is 32.2. The van der Waals surface area contributed by atoms with E-state index in [2.05, 4.69) is 5.32 Å². The molecule has 10 nitrogen and oxygen atoms in total. The van der Waals surface area contributed by atoms with Crippen molar-refractivity contribution in [3.8, 4) is 5.75 Å². The maximum absolute atomic E-state index is 13.2. The molecule has 2 aromatic rings. The number of nitrogens with zero attached hydrogens (tertiary/aromatic N) is 2. The summed E-state index contributed by atoms with van der Waals surface area (Å²) in [6.45, 7) is 3.77. The number of carbonyl (C=O) groups excluding carboxylic acids is 2. The molecule has 1 atom stereocenters. The predicted octanol–water partition coefficient (Wildman–Crippen LogP) is 1.94. The van der Waals surface area contributed by atoms with Crippen LogP contribution in [0.3, 0.4) is 0 Å². The molecule has 2 aliphatic rings. The third-order valence-electron chi connectivity index (χ3n) is 5.66. The SMILES string of the molecule is CCOc1ccc(S(=O)(=O)N2CCOCC2)cc1NC(=O)[C@@H]1CCCN1C(=O)c1ccco1. The lowest BCUT2D eigenvalue weighted by molar-refractivity contribution is -0.119. The molecule has 0 spiro atoms. The van der Waals surface area contributed by atoms with Gasteiger partial charge in [-0.1, -0.05) is 0 Å². The number of furan rings is 1. The van der Waals surface area contributed by atoms with Crippen LogP contribution in [0.2, 0.25) is 0 Å². The number of likely N-dealkylation sites (tertiary alicyclic amines) is 1. The van der Waals surface area contributed by atoms with Crippen LogP contribution in [0.1, 0.15) is 30.3 Å². The molecule has 178 valence electrons. The topological polar surface area (TPSA) is 118 Å². The molecule has 0 radical (unpaired) electrons. The second kappa shape index (κ2) is 9.94. The van der Waals surface area contributed by atoms with Gasteiger partial charge in [-0.15, -0.1) is 0 Å². The lowest BCUT2D eigenvalue weighted by Gasteiger charge is -2.26. The zero-order valence-electron chi connectivity index (χ0n) is 18.4. The van der Waals surface area contributed by atoms with Gasteiger partial charge in [0.05, 0.1) is 36.7 Å². The van der Waals surface area contributed by atoms with Crippen molar-refractivity contribution in [2.24, 2.45) is 0 Å². The first kappa shape index (κ1) is 23.3. The lowest BCUT2D eigenvalue weighted by Crippen LogP contribution is -2.43. The minimum Gasteiger partial charge on any atom is -0.492 e. The zero-order chi connectivity index (χ0) is 23.4. The Bertz CT molecular complexity index is 1100. The Balaban J connectivity index is 1.57. The van der Waals surface area contributed by atoms with E-state index in [9.17, 15) is 18.0 Å². The number of benzene rings is 1. The van der Waals surface area contributed by atoms with Gasteiger partial charge in [0, 0.05) is 19.6 Å². The van der Waals surface area contributed by atoms with E-state index in [1.54, 1.807) is 19.1 Å². The van der Waals surface area contributed by atoms with Gasteiger partial charge >= 0.3 is 0 Å². The van der Waals surface area contributed by atoms with Gasteiger partial charge in [0.15, 0.2) is 5.76 Å². The molecule has 2 aliphatic heterocycles.